The molecule has 0 aliphatic carbocycles. The standard InChI is InChI=1S/C12H15Cl2F/c1-3-10(13)8(2)7-9-11(14)5-4-6-12(9)15/h4-6,8,10H,3,7H2,1-2H3. The highest BCUT2D eigenvalue weighted by molar-refractivity contribution is 6.31. The Labute approximate surface area is 100 Å². The first-order valence-electron chi connectivity index (χ1n) is 5.13. The molecule has 0 spiro atoms. The Balaban J connectivity index is 2.80. The third-order valence-electron chi connectivity index (χ3n) is 2.60. The Hall–Kier alpha value is -0.270. The number of rotatable bonds is 4. The molecular formula is C12H15Cl2F. The van der Waals surface area contributed by atoms with E-state index in [2.05, 4.69) is 0 Å². The topological polar surface area (TPSA) is 0 Å². The van der Waals surface area contributed by atoms with Gasteiger partial charge in [0.15, 0.2) is 0 Å². The summed E-state index contributed by atoms with van der Waals surface area (Å²) in [5.74, 6) is -0.0135. The number of halogens is 3. The molecule has 0 N–H and O–H groups in total. The molecule has 15 heavy (non-hydrogen) atoms. The van der Waals surface area contributed by atoms with E-state index in [1.54, 1.807) is 12.1 Å². The van der Waals surface area contributed by atoms with Crippen LogP contribution in [0.5, 0.6) is 0 Å². The average molecular weight is 249 g/mol. The summed E-state index contributed by atoms with van der Waals surface area (Å²) in [6.07, 6.45) is 1.47. The molecule has 0 aromatic heterocycles. The fraction of sp³-hybridized carbons (Fsp3) is 0.500. The molecule has 1 aromatic carbocycles. The minimum Gasteiger partial charge on any atom is -0.207 e. The second kappa shape index (κ2) is 5.72. The zero-order chi connectivity index (χ0) is 11.4. The molecule has 0 saturated heterocycles. The first-order chi connectivity index (χ1) is 7.06. The van der Waals surface area contributed by atoms with Crippen LogP contribution in [0.3, 0.4) is 0 Å². The number of benzene rings is 1. The van der Waals surface area contributed by atoms with E-state index in [0.717, 1.165) is 6.42 Å². The van der Waals surface area contributed by atoms with Gasteiger partial charge in [-0.15, -0.1) is 11.6 Å². The van der Waals surface area contributed by atoms with E-state index in [4.69, 9.17) is 23.2 Å². The SMILES string of the molecule is CCC(Cl)C(C)Cc1c(F)cccc1Cl. The summed E-state index contributed by atoms with van der Waals surface area (Å²) in [6.45, 7) is 4.04. The molecule has 0 heterocycles. The smallest absolute Gasteiger partial charge is 0.127 e. The molecule has 0 radical (unpaired) electrons. The van der Waals surface area contributed by atoms with Crippen LogP contribution in [0.4, 0.5) is 4.39 Å². The predicted octanol–water partition coefficient (Wildman–Crippen LogP) is 4.68. The highest BCUT2D eigenvalue weighted by atomic mass is 35.5. The molecule has 0 bridgehead atoms. The molecule has 1 aromatic rings. The first-order valence-corrected chi connectivity index (χ1v) is 5.94. The summed E-state index contributed by atoms with van der Waals surface area (Å²) < 4.78 is 13.5. The van der Waals surface area contributed by atoms with Gasteiger partial charge in [-0.05, 0) is 30.9 Å². The zero-order valence-corrected chi connectivity index (χ0v) is 10.4. The van der Waals surface area contributed by atoms with Gasteiger partial charge in [-0.1, -0.05) is 31.5 Å². The molecule has 0 amide bonds. The van der Waals surface area contributed by atoms with E-state index < -0.39 is 0 Å². The second-order valence-electron chi connectivity index (χ2n) is 3.81. The lowest BCUT2D eigenvalue weighted by molar-refractivity contribution is 0.511. The van der Waals surface area contributed by atoms with Crippen LogP contribution in [0.15, 0.2) is 18.2 Å². The van der Waals surface area contributed by atoms with Crippen molar-refractivity contribution < 1.29 is 4.39 Å². The lowest BCUT2D eigenvalue weighted by atomic mass is 9.96. The Bertz CT molecular complexity index is 305. The fourth-order valence-corrected chi connectivity index (χ4v) is 1.91. The first kappa shape index (κ1) is 12.8. The quantitative estimate of drug-likeness (QED) is 0.680. The van der Waals surface area contributed by atoms with Crippen LogP contribution >= 0.6 is 23.2 Å². The van der Waals surface area contributed by atoms with Gasteiger partial charge in [-0.25, -0.2) is 4.39 Å². The molecule has 84 valence electrons. The van der Waals surface area contributed by atoms with Crippen LogP contribution in [0, 0.1) is 11.7 Å². The van der Waals surface area contributed by atoms with Gasteiger partial charge in [0.25, 0.3) is 0 Å². The molecule has 0 saturated carbocycles. The average Bonchev–Trinajstić information content (AvgIpc) is 2.22. The van der Waals surface area contributed by atoms with E-state index in [9.17, 15) is 4.39 Å². The van der Waals surface area contributed by atoms with Crippen molar-refractivity contribution in [2.45, 2.75) is 32.1 Å². The van der Waals surface area contributed by atoms with Gasteiger partial charge in [0, 0.05) is 16.0 Å². The van der Waals surface area contributed by atoms with Crippen LogP contribution in [0.2, 0.25) is 5.02 Å². The van der Waals surface area contributed by atoms with Crippen molar-refractivity contribution in [2.24, 2.45) is 5.92 Å². The van der Waals surface area contributed by atoms with Gasteiger partial charge >= 0.3 is 0 Å². The molecule has 0 nitrogen and oxygen atoms in total. The van der Waals surface area contributed by atoms with Gasteiger partial charge in [-0.3, -0.25) is 0 Å². The summed E-state index contributed by atoms with van der Waals surface area (Å²) >= 11 is 12.0. The maximum atomic E-state index is 13.5. The number of hydrogen-bond acceptors (Lipinski definition) is 0. The molecule has 0 aliphatic heterocycles. The van der Waals surface area contributed by atoms with E-state index >= 15 is 0 Å². The van der Waals surface area contributed by atoms with Crippen molar-refractivity contribution in [3.8, 4) is 0 Å². The Morgan fingerprint density at radius 1 is 1.40 bits per heavy atom. The Morgan fingerprint density at radius 2 is 2.07 bits per heavy atom. The minimum absolute atomic E-state index is 0.0701. The number of alkyl halides is 1. The summed E-state index contributed by atoms with van der Waals surface area (Å²) in [5.41, 5.74) is 0.575. The van der Waals surface area contributed by atoms with Crippen LogP contribution in [0.1, 0.15) is 25.8 Å². The summed E-state index contributed by atoms with van der Waals surface area (Å²) in [6, 6.07) is 4.76. The molecule has 3 heteroatoms. The van der Waals surface area contributed by atoms with Crippen LogP contribution in [-0.2, 0) is 6.42 Å². The zero-order valence-electron chi connectivity index (χ0n) is 8.93. The highest BCUT2D eigenvalue weighted by Gasteiger charge is 2.16. The predicted molar refractivity (Wildman–Crippen MR) is 64.2 cm³/mol. The van der Waals surface area contributed by atoms with E-state index in [1.807, 2.05) is 13.8 Å². The second-order valence-corrected chi connectivity index (χ2v) is 4.77. The lowest BCUT2D eigenvalue weighted by Crippen LogP contribution is -2.14. The van der Waals surface area contributed by atoms with Crippen molar-refractivity contribution in [3.05, 3.63) is 34.6 Å². The van der Waals surface area contributed by atoms with Crippen LogP contribution < -0.4 is 0 Å². The maximum Gasteiger partial charge on any atom is 0.127 e. The van der Waals surface area contributed by atoms with Gasteiger partial charge in [0.05, 0.1) is 0 Å². The molecule has 2 unspecified atom stereocenters. The molecular weight excluding hydrogens is 234 g/mol. The van der Waals surface area contributed by atoms with Crippen LogP contribution in [0.25, 0.3) is 0 Å². The molecule has 2 atom stereocenters. The Morgan fingerprint density at radius 3 is 2.60 bits per heavy atom. The number of hydrogen-bond donors (Lipinski definition) is 0. The summed E-state index contributed by atoms with van der Waals surface area (Å²) in [5, 5.41) is 0.558. The minimum atomic E-state index is -0.241. The highest BCUT2D eigenvalue weighted by Crippen LogP contribution is 2.25. The molecule has 0 fully saturated rings. The lowest BCUT2D eigenvalue weighted by Gasteiger charge is -2.17. The normalized spacial score (nSPS) is 15.0. The van der Waals surface area contributed by atoms with Crippen molar-refractivity contribution in [1.82, 2.24) is 0 Å². The molecule has 0 aliphatic rings. The fourth-order valence-electron chi connectivity index (χ4n) is 1.58. The molecule has 1 rings (SSSR count). The van der Waals surface area contributed by atoms with Crippen LogP contribution in [-0.4, -0.2) is 5.38 Å². The summed E-state index contributed by atoms with van der Waals surface area (Å²) in [4.78, 5) is 0. The summed E-state index contributed by atoms with van der Waals surface area (Å²) in [7, 11) is 0. The maximum absolute atomic E-state index is 13.5. The van der Waals surface area contributed by atoms with Gasteiger partial charge < -0.3 is 0 Å². The monoisotopic (exact) mass is 248 g/mol. The van der Waals surface area contributed by atoms with Crippen molar-refractivity contribution in [2.75, 3.05) is 0 Å². The van der Waals surface area contributed by atoms with E-state index in [1.165, 1.54) is 6.07 Å². The third kappa shape index (κ3) is 3.35. The largest absolute Gasteiger partial charge is 0.207 e. The van der Waals surface area contributed by atoms with E-state index in [-0.39, 0.29) is 17.1 Å². The van der Waals surface area contributed by atoms with E-state index in [0.29, 0.717) is 17.0 Å². The van der Waals surface area contributed by atoms with Crippen molar-refractivity contribution in [1.29, 1.82) is 0 Å². The Kier molecular flexibility index (Phi) is 4.88. The van der Waals surface area contributed by atoms with Crippen molar-refractivity contribution >= 4 is 23.2 Å². The van der Waals surface area contributed by atoms with Crippen molar-refractivity contribution in [3.63, 3.8) is 0 Å². The van der Waals surface area contributed by atoms with Gasteiger partial charge in [0.2, 0.25) is 0 Å². The van der Waals surface area contributed by atoms with Gasteiger partial charge in [0.1, 0.15) is 5.82 Å². The third-order valence-corrected chi connectivity index (χ3v) is 3.69. The van der Waals surface area contributed by atoms with Gasteiger partial charge in [-0.2, -0.15) is 0 Å².